The van der Waals surface area contributed by atoms with E-state index in [1.54, 1.807) is 16.4 Å². The second-order valence-corrected chi connectivity index (χ2v) is 11.8. The second-order valence-electron chi connectivity index (χ2n) is 10.3. The van der Waals surface area contributed by atoms with E-state index < -0.39 is 0 Å². The van der Waals surface area contributed by atoms with Crippen LogP contribution in [-0.2, 0) is 13.0 Å². The molecular weight excluding hydrogens is 381 g/mol. The molecule has 0 saturated heterocycles. The number of hydrogen-bond acceptors (Lipinski definition) is 0. The largest absolute Gasteiger partial charge is 0.214 e. The highest BCUT2D eigenvalue weighted by molar-refractivity contribution is 7.49. The van der Waals surface area contributed by atoms with Gasteiger partial charge in [0.2, 0.25) is 5.69 Å². The van der Waals surface area contributed by atoms with Gasteiger partial charge in [0.1, 0.15) is 0 Å². The average Bonchev–Trinajstić information content (AvgIpc) is 3.31. The van der Waals surface area contributed by atoms with Gasteiger partial charge in [0.15, 0.2) is 12.7 Å². The van der Waals surface area contributed by atoms with Gasteiger partial charge >= 0.3 is 0 Å². The van der Waals surface area contributed by atoms with E-state index in [0.29, 0.717) is 11.8 Å². The molecule has 0 fully saturated rings. The molecule has 6 rings (SSSR count). The number of pyridine rings is 1. The maximum atomic E-state index is 2.59. The number of benzene rings is 1. The third-order valence-corrected chi connectivity index (χ3v) is 9.51. The molecule has 0 spiro atoms. The fourth-order valence-corrected chi connectivity index (χ4v) is 8.39. The molecule has 3 unspecified atom stereocenters. The lowest BCUT2D eigenvalue weighted by atomic mass is 9.75. The van der Waals surface area contributed by atoms with E-state index in [9.17, 15) is 0 Å². The van der Waals surface area contributed by atoms with Gasteiger partial charge in [-0.1, -0.05) is 58.9 Å². The van der Waals surface area contributed by atoms with Crippen LogP contribution in [0.25, 0.3) is 11.3 Å². The molecule has 3 heterocycles. The molecule has 1 aromatic carbocycles. The Balaban J connectivity index is 1.34. The number of hydrogen-bond donors (Lipinski definition) is 0. The lowest BCUT2D eigenvalue weighted by Crippen LogP contribution is -2.32. The summed E-state index contributed by atoms with van der Waals surface area (Å²) in [6.45, 7) is 5.69. The second kappa shape index (κ2) is 7.45. The first-order valence-corrected chi connectivity index (χ1v) is 13.0. The normalized spacial score (nSPS) is 29.2. The van der Waals surface area contributed by atoms with Gasteiger partial charge in [-0.05, 0) is 71.9 Å². The van der Waals surface area contributed by atoms with E-state index in [1.165, 1.54) is 48.9 Å². The molecule has 4 aliphatic rings. The third kappa shape index (κ3) is 3.13. The molecule has 2 aliphatic carbocycles. The number of fused-ring (bicyclic) bond motifs is 7. The van der Waals surface area contributed by atoms with Gasteiger partial charge in [0.05, 0.1) is 5.56 Å². The third-order valence-electron chi connectivity index (χ3n) is 7.72. The highest BCUT2D eigenvalue weighted by Crippen LogP contribution is 2.51. The first kappa shape index (κ1) is 19.0. The van der Waals surface area contributed by atoms with E-state index in [0.717, 1.165) is 32.6 Å². The first-order valence-electron chi connectivity index (χ1n) is 12.0. The molecule has 2 aromatic rings. The van der Waals surface area contributed by atoms with Crippen molar-refractivity contribution in [1.82, 2.24) is 0 Å². The highest BCUT2D eigenvalue weighted by atomic mass is 31.1. The van der Waals surface area contributed by atoms with E-state index in [4.69, 9.17) is 0 Å². The number of aromatic nitrogens is 1. The van der Waals surface area contributed by atoms with E-state index in [1.807, 2.05) is 0 Å². The lowest BCUT2D eigenvalue weighted by molar-refractivity contribution is -0.672. The molecule has 0 saturated carbocycles. The molecule has 1 nitrogen and oxygen atoms in total. The quantitative estimate of drug-likeness (QED) is 0.285. The smallest absolute Gasteiger partial charge is 0.194 e. The summed E-state index contributed by atoms with van der Waals surface area (Å²) in [6.07, 6.45) is 19.0. The Morgan fingerprint density at radius 2 is 2.03 bits per heavy atom. The fraction of sp³-hybridized carbons (Fsp3) is 0.464. The van der Waals surface area contributed by atoms with E-state index in [2.05, 4.69) is 73.2 Å². The van der Waals surface area contributed by atoms with Crippen molar-refractivity contribution in [1.29, 1.82) is 0 Å². The summed E-state index contributed by atoms with van der Waals surface area (Å²) in [6, 6.07) is 9.73. The summed E-state index contributed by atoms with van der Waals surface area (Å²) >= 11 is 0. The Labute approximate surface area is 183 Å². The summed E-state index contributed by atoms with van der Waals surface area (Å²) in [5, 5.41) is 1.69. The van der Waals surface area contributed by atoms with Crippen molar-refractivity contribution < 1.29 is 4.57 Å². The summed E-state index contributed by atoms with van der Waals surface area (Å²) in [5.41, 5.74) is 8.55. The molecule has 0 bridgehead atoms. The molecule has 1 aromatic heterocycles. The van der Waals surface area contributed by atoms with Crippen molar-refractivity contribution in [2.75, 3.05) is 0 Å². The van der Waals surface area contributed by atoms with Gasteiger partial charge in [-0.15, -0.1) is 0 Å². The van der Waals surface area contributed by atoms with Gasteiger partial charge in [0, 0.05) is 23.6 Å². The van der Waals surface area contributed by atoms with Crippen LogP contribution in [-0.4, -0.2) is 5.66 Å². The molecule has 2 heteroatoms. The summed E-state index contributed by atoms with van der Waals surface area (Å²) in [4.78, 5) is 0. The number of allylic oxidation sites excluding steroid dienone is 4. The van der Waals surface area contributed by atoms with Crippen LogP contribution >= 0.6 is 8.58 Å². The van der Waals surface area contributed by atoms with Crippen molar-refractivity contribution in [3.63, 3.8) is 0 Å². The number of rotatable bonds is 3. The van der Waals surface area contributed by atoms with Crippen molar-refractivity contribution in [2.24, 2.45) is 17.8 Å². The Bertz CT molecular complexity index is 1050. The van der Waals surface area contributed by atoms with Crippen molar-refractivity contribution in [2.45, 2.75) is 64.1 Å². The Hall–Kier alpha value is -1.72. The summed E-state index contributed by atoms with van der Waals surface area (Å²) < 4.78 is 2.48. The molecule has 2 aliphatic heterocycles. The SMILES string of the molecule is CC(C)Cc1cc[n+]2c(c1)-c1c(ccc3c1PC1C[C@@H](C4C=CCCC4)C=C[C@@H]31)C2. The highest BCUT2D eigenvalue weighted by Gasteiger charge is 2.41. The zero-order chi connectivity index (χ0) is 20.2. The van der Waals surface area contributed by atoms with Crippen LogP contribution in [0.1, 0.15) is 62.1 Å². The minimum Gasteiger partial charge on any atom is -0.194 e. The molecule has 0 radical (unpaired) electrons. The van der Waals surface area contributed by atoms with Gasteiger partial charge in [-0.25, -0.2) is 0 Å². The molecular formula is C28H33NP+. The van der Waals surface area contributed by atoms with Gasteiger partial charge in [-0.3, -0.25) is 0 Å². The Kier molecular flexibility index (Phi) is 4.72. The monoisotopic (exact) mass is 414 g/mol. The van der Waals surface area contributed by atoms with Crippen LogP contribution in [0.5, 0.6) is 0 Å². The van der Waals surface area contributed by atoms with Crippen LogP contribution in [0.2, 0.25) is 0 Å². The summed E-state index contributed by atoms with van der Waals surface area (Å²) in [7, 11) is 0.968. The number of nitrogens with zero attached hydrogens (tertiary/aromatic N) is 1. The zero-order valence-electron chi connectivity index (χ0n) is 18.3. The first-order chi connectivity index (χ1) is 14.7. The zero-order valence-corrected chi connectivity index (χ0v) is 19.3. The maximum Gasteiger partial charge on any atom is 0.214 e. The van der Waals surface area contributed by atoms with Crippen LogP contribution in [0.15, 0.2) is 54.8 Å². The minimum atomic E-state index is 0.653. The molecule has 5 atom stereocenters. The average molecular weight is 415 g/mol. The van der Waals surface area contributed by atoms with Gasteiger partial charge in [0.25, 0.3) is 0 Å². The van der Waals surface area contributed by atoms with Gasteiger partial charge < -0.3 is 0 Å². The lowest BCUT2D eigenvalue weighted by Gasteiger charge is -2.32. The van der Waals surface area contributed by atoms with Crippen molar-refractivity contribution in [3.05, 3.63) is 71.5 Å². The summed E-state index contributed by atoms with van der Waals surface area (Å²) in [5.74, 6) is 2.90. The predicted molar refractivity (Wildman–Crippen MR) is 128 cm³/mol. The maximum absolute atomic E-state index is 2.59. The Morgan fingerprint density at radius 3 is 2.87 bits per heavy atom. The van der Waals surface area contributed by atoms with E-state index in [-0.39, 0.29) is 0 Å². The topological polar surface area (TPSA) is 3.88 Å². The molecule has 0 amide bonds. The van der Waals surface area contributed by atoms with Crippen LogP contribution < -0.4 is 9.87 Å². The van der Waals surface area contributed by atoms with Crippen molar-refractivity contribution in [3.8, 4) is 11.3 Å². The molecule has 0 N–H and O–H groups in total. The standard InChI is InChI=1S/C28H33NP/c1-18(2)14-19-12-13-29-17-22-9-11-24-23-10-8-21(20-6-4-3-5-7-20)16-26(23)30-28(24)27(22)25(29)15-19/h4,6,8-13,15,18,20-21,23,26,30H,3,5,7,14,16-17H2,1-2H3/q+1/t20?,21-,23-,26?/m0/s1. The van der Waals surface area contributed by atoms with Crippen LogP contribution in [0.3, 0.4) is 0 Å². The van der Waals surface area contributed by atoms with Gasteiger partial charge in [-0.2, -0.15) is 4.57 Å². The molecule has 154 valence electrons. The molecule has 30 heavy (non-hydrogen) atoms. The minimum absolute atomic E-state index is 0.653. The predicted octanol–water partition coefficient (Wildman–Crippen LogP) is 5.90. The van der Waals surface area contributed by atoms with Crippen LogP contribution in [0.4, 0.5) is 0 Å². The van der Waals surface area contributed by atoms with Crippen LogP contribution in [0, 0.1) is 17.8 Å². The fourth-order valence-electron chi connectivity index (χ4n) is 6.31. The van der Waals surface area contributed by atoms with Crippen molar-refractivity contribution >= 4 is 13.9 Å². The Morgan fingerprint density at radius 1 is 1.10 bits per heavy atom. The van der Waals surface area contributed by atoms with E-state index >= 15 is 0 Å².